The maximum absolute atomic E-state index is 12.2. The third kappa shape index (κ3) is 4.39. The van der Waals surface area contributed by atoms with E-state index < -0.39 is 30.6 Å². The van der Waals surface area contributed by atoms with Crippen LogP contribution in [0, 0.1) is 12.8 Å². The molecule has 0 saturated carbocycles. The second-order valence-corrected chi connectivity index (χ2v) is 10.6. The van der Waals surface area contributed by atoms with Crippen LogP contribution in [-0.4, -0.2) is 52.5 Å². The zero-order valence-corrected chi connectivity index (χ0v) is 21.0. The Kier molecular flexibility index (Phi) is 7.11. The van der Waals surface area contributed by atoms with Gasteiger partial charge in [-0.3, -0.25) is 4.79 Å². The molecule has 1 saturated heterocycles. The average Bonchev–Trinajstić information content (AvgIpc) is 2.74. The van der Waals surface area contributed by atoms with Crippen molar-refractivity contribution in [1.82, 2.24) is 0 Å². The maximum Gasteiger partial charge on any atom is 0.308 e. The number of benzene rings is 1. The van der Waals surface area contributed by atoms with Gasteiger partial charge in [-0.05, 0) is 74.5 Å². The van der Waals surface area contributed by atoms with Crippen molar-refractivity contribution in [3.05, 3.63) is 33.9 Å². The van der Waals surface area contributed by atoms with Crippen LogP contribution < -0.4 is 9.47 Å². The number of rotatable bonds is 4. The van der Waals surface area contributed by atoms with Crippen LogP contribution in [0.4, 0.5) is 0 Å². The Bertz CT molecular complexity index is 980. The van der Waals surface area contributed by atoms with Crippen molar-refractivity contribution < 1.29 is 34.3 Å². The first-order valence-corrected chi connectivity index (χ1v) is 12.4. The van der Waals surface area contributed by atoms with E-state index in [2.05, 4.69) is 33.8 Å². The number of aliphatic hydroxyl groups is 3. The van der Waals surface area contributed by atoms with E-state index in [-0.39, 0.29) is 18.4 Å². The van der Waals surface area contributed by atoms with Crippen LogP contribution in [0.2, 0.25) is 0 Å². The highest BCUT2D eigenvalue weighted by Crippen LogP contribution is 2.58. The molecule has 4 rings (SSSR count). The summed E-state index contributed by atoms with van der Waals surface area (Å²) >= 11 is 0. The molecule has 3 N–H and O–H groups in total. The molecule has 8 atom stereocenters. The minimum atomic E-state index is -1.44. The zero-order chi connectivity index (χ0) is 24.9. The molecule has 3 aliphatic rings. The molecule has 2 unspecified atom stereocenters. The predicted molar refractivity (Wildman–Crippen MR) is 127 cm³/mol. The fourth-order valence-electron chi connectivity index (χ4n) is 6.16. The Morgan fingerprint density at radius 1 is 1.00 bits per heavy atom. The van der Waals surface area contributed by atoms with Gasteiger partial charge in [0.25, 0.3) is 0 Å². The van der Waals surface area contributed by atoms with Gasteiger partial charge in [0.05, 0.1) is 6.61 Å². The molecule has 1 aromatic rings. The van der Waals surface area contributed by atoms with Gasteiger partial charge in [-0.15, -0.1) is 0 Å². The molecule has 1 heterocycles. The molecular formula is C27H38O7. The highest BCUT2D eigenvalue weighted by Gasteiger charge is 2.44. The van der Waals surface area contributed by atoms with Crippen LogP contribution in [0.1, 0.15) is 93.9 Å². The van der Waals surface area contributed by atoms with Crippen molar-refractivity contribution in [2.24, 2.45) is 5.92 Å². The maximum atomic E-state index is 12.2. The van der Waals surface area contributed by atoms with E-state index in [9.17, 15) is 20.1 Å². The number of aliphatic hydroxyl groups excluding tert-OH is 3. The van der Waals surface area contributed by atoms with Crippen molar-refractivity contribution >= 4 is 5.97 Å². The molecule has 0 amide bonds. The second-order valence-electron chi connectivity index (χ2n) is 10.6. The van der Waals surface area contributed by atoms with Gasteiger partial charge >= 0.3 is 5.97 Å². The first-order chi connectivity index (χ1) is 16.0. The summed E-state index contributed by atoms with van der Waals surface area (Å²) in [6, 6.07) is 0. The number of ether oxygens (including phenoxy) is 3. The Morgan fingerprint density at radius 2 is 1.71 bits per heavy atom. The quantitative estimate of drug-likeness (QED) is 0.346. The first kappa shape index (κ1) is 25.2. The molecule has 0 aromatic heterocycles. The fraction of sp³-hybridized carbons (Fsp3) is 0.667. The number of hydrogen-bond acceptors (Lipinski definition) is 7. The van der Waals surface area contributed by atoms with Gasteiger partial charge < -0.3 is 29.5 Å². The summed E-state index contributed by atoms with van der Waals surface area (Å²) in [5.41, 5.74) is 5.60. The van der Waals surface area contributed by atoms with Gasteiger partial charge in [0, 0.05) is 18.4 Å². The third-order valence-electron chi connectivity index (χ3n) is 7.70. The van der Waals surface area contributed by atoms with E-state index in [0.717, 1.165) is 30.4 Å². The van der Waals surface area contributed by atoms with Crippen LogP contribution in [0.15, 0.2) is 11.6 Å². The fourth-order valence-corrected chi connectivity index (χ4v) is 6.16. The molecule has 7 nitrogen and oxygen atoms in total. The Hall–Kier alpha value is -1.93. The van der Waals surface area contributed by atoms with Crippen molar-refractivity contribution in [2.75, 3.05) is 6.61 Å². The number of hydrogen-bond donors (Lipinski definition) is 3. The van der Waals surface area contributed by atoms with E-state index in [1.165, 1.54) is 23.6 Å². The minimum Gasteiger partial charge on any atom is -0.458 e. The summed E-state index contributed by atoms with van der Waals surface area (Å²) in [5.74, 6) is 1.57. The molecule has 0 spiro atoms. The molecule has 0 radical (unpaired) electrons. The number of esters is 1. The molecule has 188 valence electrons. The van der Waals surface area contributed by atoms with Gasteiger partial charge in [0.1, 0.15) is 18.3 Å². The van der Waals surface area contributed by atoms with Crippen molar-refractivity contribution in [2.45, 2.75) is 103 Å². The van der Waals surface area contributed by atoms with E-state index in [0.29, 0.717) is 23.3 Å². The van der Waals surface area contributed by atoms with Gasteiger partial charge in [0.2, 0.25) is 6.29 Å². The van der Waals surface area contributed by atoms with Crippen molar-refractivity contribution in [3.8, 4) is 11.5 Å². The highest BCUT2D eigenvalue weighted by molar-refractivity contribution is 5.74. The largest absolute Gasteiger partial charge is 0.458 e. The Balaban J connectivity index is 1.93. The second kappa shape index (κ2) is 9.61. The summed E-state index contributed by atoms with van der Waals surface area (Å²) < 4.78 is 17.6. The summed E-state index contributed by atoms with van der Waals surface area (Å²) in [6.07, 6.45) is 0.173. The molecule has 1 aromatic carbocycles. The third-order valence-corrected chi connectivity index (χ3v) is 7.70. The topological polar surface area (TPSA) is 105 Å². The summed E-state index contributed by atoms with van der Waals surface area (Å²) in [4.78, 5) is 12.2. The monoisotopic (exact) mass is 474 g/mol. The molecule has 0 bridgehead atoms. The molecule has 2 aliphatic carbocycles. The highest BCUT2D eigenvalue weighted by atomic mass is 16.7. The molecule has 7 heteroatoms. The SMILES string of the molecule is CC(=O)Oc1c(O[C@H]2OC[C@H](O)C(O)C2O)c(C)c2c3c1[C@@H](C)CC[C@@H]3[C@@H](C)C[C@@H]2C=C(C)C. The van der Waals surface area contributed by atoms with Gasteiger partial charge in [-0.2, -0.15) is 0 Å². The lowest BCUT2D eigenvalue weighted by Gasteiger charge is -2.44. The standard InChI is InChI=1S/C27H38O7/c1-12(2)9-17-10-14(4)18-8-7-13(3)20-22(18)21(17)15(5)25(26(20)33-16(6)28)34-27-24(31)23(30)19(29)11-32-27/h9,13-14,17-19,23-24,27,29-31H,7-8,10-11H2,1-6H3/t13-,14-,17-,18+,19-,23?,24?,27+/m0/s1. The zero-order valence-electron chi connectivity index (χ0n) is 21.0. The lowest BCUT2D eigenvalue weighted by Crippen LogP contribution is -2.54. The number of allylic oxidation sites excluding steroid dienone is 2. The first-order valence-electron chi connectivity index (χ1n) is 12.4. The van der Waals surface area contributed by atoms with E-state index >= 15 is 0 Å². The minimum absolute atomic E-state index is 0.168. The van der Waals surface area contributed by atoms with Crippen LogP contribution in [0.5, 0.6) is 11.5 Å². The molecule has 1 fully saturated rings. The van der Waals surface area contributed by atoms with Gasteiger partial charge in [0.15, 0.2) is 11.5 Å². The van der Waals surface area contributed by atoms with Crippen LogP contribution in [-0.2, 0) is 9.53 Å². The number of carbonyl (C=O) groups is 1. The summed E-state index contributed by atoms with van der Waals surface area (Å²) in [5, 5.41) is 30.6. The van der Waals surface area contributed by atoms with E-state index in [1.807, 2.05) is 6.92 Å². The lowest BCUT2D eigenvalue weighted by molar-refractivity contribution is -0.242. The predicted octanol–water partition coefficient (Wildman–Crippen LogP) is 3.81. The van der Waals surface area contributed by atoms with Crippen LogP contribution in [0.25, 0.3) is 0 Å². The summed E-state index contributed by atoms with van der Waals surface area (Å²) in [6.45, 7) is 11.8. The molecular weight excluding hydrogens is 436 g/mol. The van der Waals surface area contributed by atoms with E-state index in [1.54, 1.807) is 0 Å². The molecule has 34 heavy (non-hydrogen) atoms. The average molecular weight is 475 g/mol. The van der Waals surface area contributed by atoms with E-state index in [4.69, 9.17) is 14.2 Å². The van der Waals surface area contributed by atoms with Crippen LogP contribution >= 0.6 is 0 Å². The lowest BCUT2D eigenvalue weighted by atomic mass is 9.62. The van der Waals surface area contributed by atoms with Crippen molar-refractivity contribution in [3.63, 3.8) is 0 Å². The Morgan fingerprint density at radius 3 is 2.35 bits per heavy atom. The van der Waals surface area contributed by atoms with Crippen molar-refractivity contribution in [1.29, 1.82) is 0 Å². The number of carbonyl (C=O) groups excluding carboxylic acids is 1. The normalized spacial score (nSPS) is 34.7. The Labute approximate surface area is 201 Å². The smallest absolute Gasteiger partial charge is 0.308 e. The molecule has 1 aliphatic heterocycles. The van der Waals surface area contributed by atoms with Gasteiger partial charge in [-0.1, -0.05) is 25.5 Å². The van der Waals surface area contributed by atoms with Crippen LogP contribution in [0.3, 0.4) is 0 Å². The van der Waals surface area contributed by atoms with Gasteiger partial charge in [-0.25, -0.2) is 0 Å². The summed E-state index contributed by atoms with van der Waals surface area (Å²) in [7, 11) is 0.